The molecule has 2 nitrogen and oxygen atoms in total. The van der Waals surface area contributed by atoms with Crippen molar-refractivity contribution in [2.45, 2.75) is 6.92 Å². The van der Waals surface area contributed by atoms with Crippen molar-refractivity contribution < 1.29 is 4.79 Å². The van der Waals surface area contributed by atoms with Crippen molar-refractivity contribution in [1.82, 2.24) is 5.32 Å². The van der Waals surface area contributed by atoms with Gasteiger partial charge in [-0.2, -0.15) is 0 Å². The number of hydrogen-bond acceptors (Lipinski definition) is 3. The maximum absolute atomic E-state index is 11.5. The number of aryl methyl sites for hydroxylation is 1. The smallest absolute Gasteiger partial charge is 0.263 e. The number of thioether (sulfide) groups is 1. The number of carbonyl (C=O) groups excluding carboxylic acids is 1. The summed E-state index contributed by atoms with van der Waals surface area (Å²) in [5.41, 5.74) is 2.01. The predicted octanol–water partition coefficient (Wildman–Crippen LogP) is 3.14. The Balaban J connectivity index is 2.39. The molecule has 0 aromatic heterocycles. The van der Waals surface area contributed by atoms with Crippen molar-refractivity contribution in [3.05, 3.63) is 39.3 Å². The number of benzene rings is 1. The molecular weight excluding hydrogens is 262 g/mol. The highest BCUT2D eigenvalue weighted by Crippen LogP contribution is 2.27. The summed E-state index contributed by atoms with van der Waals surface area (Å²) in [6, 6.07) is 5.58. The summed E-state index contributed by atoms with van der Waals surface area (Å²) >= 11 is 12.1. The lowest BCUT2D eigenvalue weighted by Crippen LogP contribution is -2.17. The zero-order valence-electron chi connectivity index (χ0n) is 8.41. The largest absolute Gasteiger partial charge is 0.307 e. The highest BCUT2D eigenvalue weighted by Gasteiger charge is 2.22. The van der Waals surface area contributed by atoms with Crippen molar-refractivity contribution in [2.24, 2.45) is 0 Å². The molecule has 2 rings (SSSR count). The molecule has 0 bridgehead atoms. The minimum Gasteiger partial charge on any atom is -0.307 e. The van der Waals surface area contributed by atoms with Crippen LogP contribution in [0.2, 0.25) is 5.02 Å². The molecule has 1 aromatic rings. The standard InChI is InChI=1S/C11H8ClNOS2/c1-6-2-3-8(12)4-7(6)5-9-10(14)13-11(15)16-9/h2-5H,1H3,(H,13,14,15)/b9-5-. The van der Waals surface area contributed by atoms with Crippen LogP contribution >= 0.6 is 35.6 Å². The zero-order valence-corrected chi connectivity index (χ0v) is 10.8. The lowest BCUT2D eigenvalue weighted by molar-refractivity contribution is -0.115. The van der Waals surface area contributed by atoms with Gasteiger partial charge in [0.25, 0.3) is 5.91 Å². The van der Waals surface area contributed by atoms with Crippen molar-refractivity contribution >= 4 is 51.9 Å². The third-order valence-electron chi connectivity index (χ3n) is 2.17. The van der Waals surface area contributed by atoms with E-state index >= 15 is 0 Å². The lowest BCUT2D eigenvalue weighted by atomic mass is 10.1. The van der Waals surface area contributed by atoms with Crippen molar-refractivity contribution in [1.29, 1.82) is 0 Å². The molecule has 0 aliphatic carbocycles. The van der Waals surface area contributed by atoms with Crippen molar-refractivity contribution in [3.8, 4) is 0 Å². The third-order valence-corrected chi connectivity index (χ3v) is 3.57. The quantitative estimate of drug-likeness (QED) is 0.627. The summed E-state index contributed by atoms with van der Waals surface area (Å²) in [4.78, 5) is 12.1. The molecule has 82 valence electrons. The van der Waals surface area contributed by atoms with E-state index in [0.717, 1.165) is 11.1 Å². The van der Waals surface area contributed by atoms with Gasteiger partial charge < -0.3 is 5.32 Å². The van der Waals surface area contributed by atoms with Crippen LogP contribution in [0.4, 0.5) is 0 Å². The van der Waals surface area contributed by atoms with Crippen LogP contribution in [0.25, 0.3) is 6.08 Å². The maximum atomic E-state index is 11.5. The van der Waals surface area contributed by atoms with E-state index in [1.54, 1.807) is 6.08 Å². The van der Waals surface area contributed by atoms with E-state index in [4.69, 9.17) is 23.8 Å². The van der Waals surface area contributed by atoms with Gasteiger partial charge in [0, 0.05) is 5.02 Å². The van der Waals surface area contributed by atoms with E-state index in [1.807, 2.05) is 25.1 Å². The van der Waals surface area contributed by atoms with Gasteiger partial charge in [-0.15, -0.1) is 0 Å². The number of thiocarbonyl (C=S) groups is 1. The van der Waals surface area contributed by atoms with Crippen LogP contribution in [0, 0.1) is 6.92 Å². The first-order valence-corrected chi connectivity index (χ1v) is 6.17. The van der Waals surface area contributed by atoms with Gasteiger partial charge in [-0.3, -0.25) is 4.79 Å². The normalized spacial score (nSPS) is 18.0. The number of rotatable bonds is 1. The molecule has 0 spiro atoms. The summed E-state index contributed by atoms with van der Waals surface area (Å²) in [6.07, 6.45) is 1.81. The molecule has 16 heavy (non-hydrogen) atoms. The topological polar surface area (TPSA) is 29.1 Å². The Hall–Kier alpha value is -0.840. The van der Waals surface area contributed by atoms with E-state index in [9.17, 15) is 4.79 Å². The Morgan fingerprint density at radius 3 is 2.88 bits per heavy atom. The SMILES string of the molecule is Cc1ccc(Cl)cc1/C=C1\SC(=S)NC1=O. The minimum absolute atomic E-state index is 0.144. The van der Waals surface area contributed by atoms with Gasteiger partial charge in [0.15, 0.2) is 0 Å². The van der Waals surface area contributed by atoms with Gasteiger partial charge in [-0.1, -0.05) is 41.6 Å². The van der Waals surface area contributed by atoms with Gasteiger partial charge in [-0.05, 0) is 36.3 Å². The fourth-order valence-electron chi connectivity index (χ4n) is 1.33. The average Bonchev–Trinajstić information content (AvgIpc) is 2.51. The number of hydrogen-bond donors (Lipinski definition) is 1. The van der Waals surface area contributed by atoms with Crippen molar-refractivity contribution in [3.63, 3.8) is 0 Å². The molecule has 1 aliphatic heterocycles. The predicted molar refractivity (Wildman–Crippen MR) is 72.5 cm³/mol. The van der Waals surface area contributed by atoms with Crippen LogP contribution in [-0.2, 0) is 4.79 Å². The fraction of sp³-hybridized carbons (Fsp3) is 0.0909. The van der Waals surface area contributed by atoms with Gasteiger partial charge >= 0.3 is 0 Å². The molecule has 0 saturated carbocycles. The Kier molecular flexibility index (Phi) is 3.33. The number of carbonyl (C=O) groups is 1. The Labute approximate surface area is 108 Å². The number of halogens is 1. The molecule has 1 aliphatic rings. The van der Waals surface area contributed by atoms with E-state index < -0.39 is 0 Å². The Bertz CT molecular complexity index is 511. The first-order valence-electron chi connectivity index (χ1n) is 4.57. The molecule has 1 heterocycles. The molecule has 0 radical (unpaired) electrons. The second-order valence-electron chi connectivity index (χ2n) is 3.35. The molecule has 1 aromatic carbocycles. The van der Waals surface area contributed by atoms with Crippen LogP contribution in [0.1, 0.15) is 11.1 Å². The van der Waals surface area contributed by atoms with Crippen molar-refractivity contribution in [2.75, 3.05) is 0 Å². The van der Waals surface area contributed by atoms with E-state index in [-0.39, 0.29) is 5.91 Å². The summed E-state index contributed by atoms with van der Waals surface area (Å²) in [5, 5.41) is 3.23. The summed E-state index contributed by atoms with van der Waals surface area (Å²) in [6.45, 7) is 1.97. The highest BCUT2D eigenvalue weighted by molar-refractivity contribution is 8.26. The van der Waals surface area contributed by atoms with Gasteiger partial charge in [0.1, 0.15) is 4.32 Å². The maximum Gasteiger partial charge on any atom is 0.263 e. The van der Waals surface area contributed by atoms with E-state index in [1.165, 1.54) is 11.8 Å². The minimum atomic E-state index is -0.144. The molecule has 1 fully saturated rings. The van der Waals surface area contributed by atoms with Crippen LogP contribution in [-0.4, -0.2) is 10.2 Å². The first kappa shape index (κ1) is 11.6. The molecule has 1 N–H and O–H groups in total. The van der Waals surface area contributed by atoms with Crippen LogP contribution < -0.4 is 5.32 Å². The summed E-state index contributed by atoms with van der Waals surface area (Å²) in [5.74, 6) is -0.144. The number of amides is 1. The monoisotopic (exact) mass is 269 g/mol. The van der Waals surface area contributed by atoms with Crippen LogP contribution in [0.3, 0.4) is 0 Å². The first-order chi connectivity index (χ1) is 7.56. The fourth-order valence-corrected chi connectivity index (χ4v) is 2.54. The Morgan fingerprint density at radius 2 is 2.25 bits per heavy atom. The van der Waals surface area contributed by atoms with Gasteiger partial charge in [0.2, 0.25) is 0 Å². The highest BCUT2D eigenvalue weighted by atomic mass is 35.5. The van der Waals surface area contributed by atoms with Gasteiger partial charge in [-0.25, -0.2) is 0 Å². The summed E-state index contributed by atoms with van der Waals surface area (Å²) < 4.78 is 0.496. The molecule has 5 heteroatoms. The van der Waals surface area contributed by atoms with Gasteiger partial charge in [0.05, 0.1) is 4.91 Å². The molecule has 0 atom stereocenters. The van der Waals surface area contributed by atoms with E-state index in [2.05, 4.69) is 5.32 Å². The lowest BCUT2D eigenvalue weighted by Gasteiger charge is -2.01. The second kappa shape index (κ2) is 4.57. The Morgan fingerprint density at radius 1 is 1.50 bits per heavy atom. The number of nitrogens with one attached hydrogen (secondary N) is 1. The molecule has 0 unspecified atom stereocenters. The zero-order chi connectivity index (χ0) is 11.7. The molecule has 1 saturated heterocycles. The third kappa shape index (κ3) is 2.45. The average molecular weight is 270 g/mol. The second-order valence-corrected chi connectivity index (χ2v) is 5.51. The van der Waals surface area contributed by atoms with E-state index in [0.29, 0.717) is 14.2 Å². The molecular formula is C11H8ClNOS2. The summed E-state index contributed by atoms with van der Waals surface area (Å²) in [7, 11) is 0. The van der Waals surface area contributed by atoms with Crippen LogP contribution in [0.15, 0.2) is 23.1 Å². The van der Waals surface area contributed by atoms with Crippen LogP contribution in [0.5, 0.6) is 0 Å². The molecule has 1 amide bonds.